The fourth-order valence-corrected chi connectivity index (χ4v) is 10.7. The predicted molar refractivity (Wildman–Crippen MR) is 253 cm³/mol. The van der Waals surface area contributed by atoms with Gasteiger partial charge in [0.15, 0.2) is 5.78 Å². The minimum absolute atomic E-state index is 0.00213. The zero-order valence-corrected chi connectivity index (χ0v) is 35.1. The molecule has 0 N–H and O–H groups in total. The highest BCUT2D eigenvalue weighted by molar-refractivity contribution is 6.13. The predicted octanol–water partition coefficient (Wildman–Crippen LogP) is 14.0. The molecule has 62 heavy (non-hydrogen) atoms. The van der Waals surface area contributed by atoms with Gasteiger partial charge < -0.3 is 0 Å². The maximum absolute atomic E-state index is 14.9. The van der Waals surface area contributed by atoms with Crippen molar-refractivity contribution >= 4 is 5.78 Å². The van der Waals surface area contributed by atoms with E-state index >= 15 is 0 Å². The fraction of sp³-hybridized carbons (Fsp3) is 0.100. The second-order valence-corrected chi connectivity index (χ2v) is 17.8. The van der Waals surface area contributed by atoms with Crippen LogP contribution in [0, 0.1) is 0 Å². The number of pyridine rings is 1. The Labute approximate surface area is 364 Å². The van der Waals surface area contributed by atoms with E-state index < -0.39 is 10.8 Å². The molecule has 0 aliphatic heterocycles. The average Bonchev–Trinajstić information content (AvgIpc) is 3.80. The molecule has 9 aromatic rings. The van der Waals surface area contributed by atoms with Crippen molar-refractivity contribution in [1.29, 1.82) is 0 Å². The van der Waals surface area contributed by atoms with Crippen LogP contribution in [0.2, 0.25) is 0 Å². The normalized spacial score (nSPS) is 14.0. The van der Waals surface area contributed by atoms with Gasteiger partial charge in [0.1, 0.15) is 0 Å². The summed E-state index contributed by atoms with van der Waals surface area (Å²) in [5.41, 5.74) is 17.0. The van der Waals surface area contributed by atoms with Gasteiger partial charge >= 0.3 is 0 Å². The molecule has 2 nitrogen and oxygen atoms in total. The summed E-state index contributed by atoms with van der Waals surface area (Å²) in [5, 5.41) is 0. The molecule has 2 aliphatic carbocycles. The molecule has 1 heterocycles. The van der Waals surface area contributed by atoms with E-state index in [4.69, 9.17) is 4.98 Å². The largest absolute Gasteiger partial charge is 0.289 e. The van der Waals surface area contributed by atoms with Gasteiger partial charge in [0.2, 0.25) is 0 Å². The fourth-order valence-electron chi connectivity index (χ4n) is 10.7. The molecule has 0 radical (unpaired) electrons. The van der Waals surface area contributed by atoms with Gasteiger partial charge in [-0.05, 0) is 102 Å². The van der Waals surface area contributed by atoms with Crippen LogP contribution in [0.25, 0.3) is 33.4 Å². The van der Waals surface area contributed by atoms with Gasteiger partial charge in [-0.25, -0.2) is 0 Å². The lowest BCUT2D eigenvalue weighted by Crippen LogP contribution is -2.33. The first-order valence-electron chi connectivity index (χ1n) is 21.6. The maximum Gasteiger partial charge on any atom is 0.193 e. The minimum atomic E-state index is -0.752. The second kappa shape index (κ2) is 14.4. The molecule has 0 atom stereocenters. The van der Waals surface area contributed by atoms with Crippen LogP contribution in [-0.4, -0.2) is 10.8 Å². The van der Waals surface area contributed by atoms with Crippen molar-refractivity contribution in [2.45, 2.75) is 37.0 Å². The van der Waals surface area contributed by atoms with Crippen molar-refractivity contribution in [3.63, 3.8) is 0 Å². The smallest absolute Gasteiger partial charge is 0.193 e. The van der Waals surface area contributed by atoms with E-state index in [1.165, 1.54) is 50.1 Å². The first-order chi connectivity index (χ1) is 30.3. The highest BCUT2D eigenvalue weighted by atomic mass is 16.1. The van der Waals surface area contributed by atoms with Gasteiger partial charge in [0.25, 0.3) is 0 Å². The van der Waals surface area contributed by atoms with Gasteiger partial charge in [-0.3, -0.25) is 9.78 Å². The van der Waals surface area contributed by atoms with Gasteiger partial charge in [0.05, 0.1) is 16.5 Å². The van der Waals surface area contributed by atoms with Gasteiger partial charge in [-0.15, -0.1) is 0 Å². The van der Waals surface area contributed by atoms with Crippen LogP contribution in [-0.2, 0) is 16.2 Å². The molecular formula is C60H45NO. The van der Waals surface area contributed by atoms with Gasteiger partial charge in [0, 0.05) is 17.3 Å². The Morgan fingerprint density at radius 3 is 1.44 bits per heavy atom. The van der Waals surface area contributed by atoms with E-state index in [-0.39, 0.29) is 11.2 Å². The molecular weight excluding hydrogens is 751 g/mol. The summed E-state index contributed by atoms with van der Waals surface area (Å²) in [4.78, 5) is 20.2. The number of hydrogen-bond acceptors (Lipinski definition) is 2. The SMILES string of the molecule is CC(C)(C)c1ccnc(C2(c3cccc(C4(c5cccc(C(=O)c6ccccc6-c6ccccc6)c5)c5ccccc5-c5ccccc54)c3)c3ccccc3-c3ccccc32)c1. The third-order valence-electron chi connectivity index (χ3n) is 13.5. The summed E-state index contributed by atoms with van der Waals surface area (Å²) in [6, 6.07) is 75.7. The van der Waals surface area contributed by atoms with Crippen LogP contribution in [0.4, 0.5) is 0 Å². The summed E-state index contributed by atoms with van der Waals surface area (Å²) >= 11 is 0. The van der Waals surface area contributed by atoms with E-state index in [2.05, 4.69) is 185 Å². The van der Waals surface area contributed by atoms with Crippen molar-refractivity contribution in [2.24, 2.45) is 0 Å². The third-order valence-corrected chi connectivity index (χ3v) is 13.5. The van der Waals surface area contributed by atoms with Crippen LogP contribution in [0.15, 0.2) is 219 Å². The summed E-state index contributed by atoms with van der Waals surface area (Å²) in [6.07, 6.45) is 1.99. The Bertz CT molecular complexity index is 3110. The van der Waals surface area contributed by atoms with Crippen molar-refractivity contribution in [3.8, 4) is 33.4 Å². The van der Waals surface area contributed by atoms with Crippen molar-refractivity contribution in [3.05, 3.63) is 280 Å². The standard InChI is InChI=1S/C60H45NO/c1-58(2,3)42-35-36-61-56(39-42)60(54-33-15-11-28-49(54)50-29-12-16-34-55(50)60)45-24-18-23-44(38-45)59(52-31-13-9-26-47(52)48-27-10-14-32-53(48)59)43-22-17-21-41(37-43)57(62)51-30-8-7-25-46(51)40-19-5-4-6-20-40/h4-39H,1-3H3. The molecule has 296 valence electrons. The van der Waals surface area contributed by atoms with Gasteiger partial charge in [-0.2, -0.15) is 0 Å². The van der Waals surface area contributed by atoms with E-state index in [1.807, 2.05) is 54.7 Å². The average molecular weight is 796 g/mol. The maximum atomic E-state index is 14.9. The lowest BCUT2D eigenvalue weighted by molar-refractivity contribution is 0.103. The number of benzene rings is 8. The number of hydrogen-bond donors (Lipinski definition) is 0. The Kier molecular flexibility index (Phi) is 8.70. The molecule has 0 amide bonds. The lowest BCUT2D eigenvalue weighted by atomic mass is 9.64. The van der Waals surface area contributed by atoms with Crippen LogP contribution in [0.5, 0.6) is 0 Å². The zero-order valence-electron chi connectivity index (χ0n) is 35.1. The van der Waals surface area contributed by atoms with Crippen molar-refractivity contribution < 1.29 is 4.79 Å². The van der Waals surface area contributed by atoms with Crippen LogP contribution in [0.1, 0.15) is 86.9 Å². The van der Waals surface area contributed by atoms with Crippen LogP contribution in [0.3, 0.4) is 0 Å². The monoisotopic (exact) mass is 795 g/mol. The molecule has 1 aromatic heterocycles. The minimum Gasteiger partial charge on any atom is -0.289 e. The second-order valence-electron chi connectivity index (χ2n) is 17.8. The highest BCUT2D eigenvalue weighted by Crippen LogP contribution is 2.59. The lowest BCUT2D eigenvalue weighted by Gasteiger charge is -2.37. The topological polar surface area (TPSA) is 30.0 Å². The quantitative estimate of drug-likeness (QED) is 0.150. The molecule has 0 unspecified atom stereocenters. The summed E-state index contributed by atoms with van der Waals surface area (Å²) in [7, 11) is 0. The highest BCUT2D eigenvalue weighted by Gasteiger charge is 2.50. The van der Waals surface area contributed by atoms with Gasteiger partial charge in [-0.1, -0.05) is 215 Å². The molecule has 0 spiro atoms. The molecule has 0 bridgehead atoms. The Morgan fingerprint density at radius 2 is 0.871 bits per heavy atom. The first kappa shape index (κ1) is 37.6. The summed E-state index contributed by atoms with van der Waals surface area (Å²) in [5.74, 6) is -0.00213. The number of carbonyl (C=O) groups is 1. The zero-order chi connectivity index (χ0) is 42.1. The number of aromatic nitrogens is 1. The number of carbonyl (C=O) groups excluding carboxylic acids is 1. The Morgan fingerprint density at radius 1 is 0.419 bits per heavy atom. The van der Waals surface area contributed by atoms with Crippen molar-refractivity contribution in [2.75, 3.05) is 0 Å². The summed E-state index contributed by atoms with van der Waals surface area (Å²) in [6.45, 7) is 6.81. The number of fused-ring (bicyclic) bond motifs is 6. The third kappa shape index (κ3) is 5.49. The molecule has 0 saturated carbocycles. The molecule has 0 saturated heterocycles. The Hall–Kier alpha value is -7.42. The molecule has 2 aliphatic rings. The molecule has 2 heteroatoms. The van der Waals surface area contributed by atoms with Crippen LogP contribution >= 0.6 is 0 Å². The number of nitrogens with zero attached hydrogens (tertiary/aromatic N) is 1. The summed E-state index contributed by atoms with van der Waals surface area (Å²) < 4.78 is 0. The van der Waals surface area contributed by atoms with E-state index in [9.17, 15) is 4.79 Å². The van der Waals surface area contributed by atoms with E-state index in [0.717, 1.165) is 33.5 Å². The Balaban J connectivity index is 1.19. The molecule has 0 fully saturated rings. The van der Waals surface area contributed by atoms with E-state index in [0.29, 0.717) is 11.1 Å². The van der Waals surface area contributed by atoms with Crippen LogP contribution < -0.4 is 0 Å². The molecule has 11 rings (SSSR count). The first-order valence-corrected chi connectivity index (χ1v) is 21.6. The number of rotatable bonds is 7. The van der Waals surface area contributed by atoms with Crippen molar-refractivity contribution in [1.82, 2.24) is 4.98 Å². The number of ketones is 1. The van der Waals surface area contributed by atoms with E-state index in [1.54, 1.807) is 0 Å². The molecule has 8 aromatic carbocycles.